The van der Waals surface area contributed by atoms with Gasteiger partial charge in [0.1, 0.15) is 5.75 Å². The van der Waals surface area contributed by atoms with Gasteiger partial charge in [0.05, 0.1) is 38.1 Å². The van der Waals surface area contributed by atoms with Crippen LogP contribution in [0.5, 0.6) is 5.75 Å². The summed E-state index contributed by atoms with van der Waals surface area (Å²) < 4.78 is 37.0. The SMILES string of the molecule is COC(=O)COc1ccc(N(CCOS(C)(=O)=O)C(=O)Nc2ccc(C#N)cc2)cc1. The van der Waals surface area contributed by atoms with Crippen molar-refractivity contribution in [2.24, 2.45) is 0 Å². The number of carbonyl (C=O) groups is 2. The van der Waals surface area contributed by atoms with Crippen LogP contribution >= 0.6 is 0 Å². The second kappa shape index (κ2) is 11.0. The Morgan fingerprint density at radius 1 is 1.10 bits per heavy atom. The lowest BCUT2D eigenvalue weighted by Gasteiger charge is -2.23. The fourth-order valence-corrected chi connectivity index (χ4v) is 2.75. The van der Waals surface area contributed by atoms with E-state index >= 15 is 0 Å². The monoisotopic (exact) mass is 447 g/mol. The highest BCUT2D eigenvalue weighted by molar-refractivity contribution is 7.85. The van der Waals surface area contributed by atoms with Gasteiger partial charge in [0.15, 0.2) is 6.61 Å². The predicted molar refractivity (Wildman–Crippen MR) is 112 cm³/mol. The number of methoxy groups -OCH3 is 1. The second-order valence-electron chi connectivity index (χ2n) is 6.16. The average molecular weight is 447 g/mol. The molecule has 0 aliphatic carbocycles. The molecule has 0 fully saturated rings. The quantitative estimate of drug-likeness (QED) is 0.456. The minimum absolute atomic E-state index is 0.0580. The van der Waals surface area contributed by atoms with Crippen LogP contribution in [-0.2, 0) is 23.8 Å². The molecular formula is C20H21N3O7S. The molecule has 0 spiro atoms. The number of nitrogens with zero attached hydrogens (tertiary/aromatic N) is 2. The maximum Gasteiger partial charge on any atom is 0.343 e. The normalized spacial score (nSPS) is 10.6. The Labute approximate surface area is 180 Å². The van der Waals surface area contributed by atoms with E-state index in [0.29, 0.717) is 22.7 Å². The van der Waals surface area contributed by atoms with Crippen LogP contribution in [0.15, 0.2) is 48.5 Å². The van der Waals surface area contributed by atoms with Crippen molar-refractivity contribution in [1.82, 2.24) is 0 Å². The van der Waals surface area contributed by atoms with Gasteiger partial charge in [-0.2, -0.15) is 13.7 Å². The molecule has 11 heteroatoms. The lowest BCUT2D eigenvalue weighted by Crippen LogP contribution is -2.37. The lowest BCUT2D eigenvalue weighted by molar-refractivity contribution is -0.142. The molecule has 31 heavy (non-hydrogen) atoms. The average Bonchev–Trinajstić information content (AvgIpc) is 2.75. The van der Waals surface area contributed by atoms with Crippen LogP contribution in [0.3, 0.4) is 0 Å². The lowest BCUT2D eigenvalue weighted by atomic mass is 10.2. The molecule has 2 aromatic carbocycles. The molecule has 0 bridgehead atoms. The number of rotatable bonds is 9. The molecule has 0 aliphatic heterocycles. The number of amides is 2. The van der Waals surface area contributed by atoms with Gasteiger partial charge in [0.25, 0.3) is 10.1 Å². The van der Waals surface area contributed by atoms with E-state index in [0.717, 1.165) is 6.26 Å². The third kappa shape index (κ3) is 7.96. The summed E-state index contributed by atoms with van der Waals surface area (Å²) in [5.74, 6) is -0.153. The van der Waals surface area contributed by atoms with E-state index in [-0.39, 0.29) is 19.8 Å². The molecule has 0 atom stereocenters. The first-order valence-electron chi connectivity index (χ1n) is 8.94. The van der Waals surface area contributed by atoms with Gasteiger partial charge in [-0.3, -0.25) is 9.08 Å². The van der Waals surface area contributed by atoms with Gasteiger partial charge in [-0.25, -0.2) is 9.59 Å². The van der Waals surface area contributed by atoms with E-state index in [4.69, 9.17) is 14.2 Å². The van der Waals surface area contributed by atoms with Crippen LogP contribution in [0.4, 0.5) is 16.2 Å². The van der Waals surface area contributed by atoms with Gasteiger partial charge >= 0.3 is 12.0 Å². The summed E-state index contributed by atoms with van der Waals surface area (Å²) in [5.41, 5.74) is 1.34. The zero-order valence-corrected chi connectivity index (χ0v) is 17.7. The van der Waals surface area contributed by atoms with Crippen molar-refractivity contribution in [1.29, 1.82) is 5.26 Å². The van der Waals surface area contributed by atoms with Crippen LogP contribution in [-0.4, -0.2) is 53.5 Å². The van der Waals surface area contributed by atoms with Gasteiger partial charge in [-0.05, 0) is 48.5 Å². The first-order valence-corrected chi connectivity index (χ1v) is 10.8. The van der Waals surface area contributed by atoms with E-state index < -0.39 is 22.1 Å². The van der Waals surface area contributed by atoms with Crippen molar-refractivity contribution >= 4 is 33.5 Å². The summed E-state index contributed by atoms with van der Waals surface area (Å²) in [6, 6.07) is 14.0. The number of urea groups is 1. The fraction of sp³-hybridized carbons (Fsp3) is 0.250. The van der Waals surface area contributed by atoms with Crippen molar-refractivity contribution < 1.29 is 31.7 Å². The molecule has 2 aromatic rings. The Bertz CT molecular complexity index is 1050. The van der Waals surface area contributed by atoms with Crippen LogP contribution in [0, 0.1) is 11.3 Å². The minimum atomic E-state index is -3.67. The Balaban J connectivity index is 2.15. The number of ether oxygens (including phenoxy) is 2. The van der Waals surface area contributed by atoms with Crippen LogP contribution in [0.25, 0.3) is 0 Å². The summed E-state index contributed by atoms with van der Waals surface area (Å²) in [6.45, 7) is -0.571. The Hall–Kier alpha value is -3.62. The highest BCUT2D eigenvalue weighted by atomic mass is 32.2. The van der Waals surface area contributed by atoms with Gasteiger partial charge in [0, 0.05) is 11.4 Å². The van der Waals surface area contributed by atoms with E-state index in [1.165, 1.54) is 12.0 Å². The number of anilines is 2. The Kier molecular flexibility index (Phi) is 8.36. The number of hydrogen-bond donors (Lipinski definition) is 1. The smallest absolute Gasteiger partial charge is 0.343 e. The van der Waals surface area contributed by atoms with Crippen molar-refractivity contribution in [3.63, 3.8) is 0 Å². The van der Waals surface area contributed by atoms with Gasteiger partial charge in [-0.1, -0.05) is 0 Å². The minimum Gasteiger partial charge on any atom is -0.482 e. The van der Waals surface area contributed by atoms with Gasteiger partial charge in [0.2, 0.25) is 0 Å². The van der Waals surface area contributed by atoms with Gasteiger partial charge in [-0.15, -0.1) is 0 Å². The zero-order chi connectivity index (χ0) is 22.9. The molecular weight excluding hydrogens is 426 g/mol. The van der Waals surface area contributed by atoms with Crippen LogP contribution < -0.4 is 15.0 Å². The molecule has 0 unspecified atom stereocenters. The fourth-order valence-electron chi connectivity index (χ4n) is 2.37. The van der Waals surface area contributed by atoms with Crippen molar-refractivity contribution in [3.8, 4) is 11.8 Å². The summed E-state index contributed by atoms with van der Waals surface area (Å²) in [6.07, 6.45) is 0.918. The molecule has 0 heterocycles. The number of nitriles is 1. The highest BCUT2D eigenvalue weighted by Gasteiger charge is 2.17. The Morgan fingerprint density at radius 2 is 1.74 bits per heavy atom. The summed E-state index contributed by atoms with van der Waals surface area (Å²) >= 11 is 0. The molecule has 10 nitrogen and oxygen atoms in total. The number of hydrogen-bond acceptors (Lipinski definition) is 8. The molecule has 164 valence electrons. The number of benzene rings is 2. The zero-order valence-electron chi connectivity index (χ0n) is 16.9. The summed E-state index contributed by atoms with van der Waals surface area (Å²) in [4.78, 5) is 25.3. The third-order valence-electron chi connectivity index (χ3n) is 3.86. The highest BCUT2D eigenvalue weighted by Crippen LogP contribution is 2.21. The maximum atomic E-state index is 12.8. The predicted octanol–water partition coefficient (Wildman–Crippen LogP) is 2.12. The molecule has 0 aromatic heterocycles. The molecule has 2 amide bonds. The number of esters is 1. The molecule has 1 N–H and O–H groups in total. The summed E-state index contributed by atoms with van der Waals surface area (Å²) in [7, 11) is -2.42. The number of carbonyl (C=O) groups excluding carboxylic acids is 2. The second-order valence-corrected chi connectivity index (χ2v) is 7.80. The van der Waals surface area contributed by atoms with Crippen LogP contribution in [0.2, 0.25) is 0 Å². The van der Waals surface area contributed by atoms with Crippen molar-refractivity contribution in [3.05, 3.63) is 54.1 Å². The van der Waals surface area contributed by atoms with Crippen molar-refractivity contribution in [2.75, 3.05) is 43.3 Å². The van der Waals surface area contributed by atoms with E-state index in [1.807, 2.05) is 6.07 Å². The first-order chi connectivity index (χ1) is 14.7. The standard InChI is InChI=1S/C20H21N3O7S/c1-28-19(24)14-29-18-9-7-17(8-10-18)23(11-12-30-31(2,26)27)20(25)22-16-5-3-15(13-21)4-6-16/h3-10H,11-12,14H2,1-2H3,(H,22,25). The van der Waals surface area contributed by atoms with E-state index in [1.54, 1.807) is 48.5 Å². The molecule has 0 aliphatic rings. The molecule has 0 radical (unpaired) electrons. The maximum absolute atomic E-state index is 12.8. The van der Waals surface area contributed by atoms with Crippen molar-refractivity contribution in [2.45, 2.75) is 0 Å². The number of nitrogens with one attached hydrogen (secondary N) is 1. The summed E-state index contributed by atoms with van der Waals surface area (Å²) in [5, 5.41) is 11.6. The first kappa shape index (κ1) is 23.7. The van der Waals surface area contributed by atoms with Crippen LogP contribution in [0.1, 0.15) is 5.56 Å². The third-order valence-corrected chi connectivity index (χ3v) is 4.45. The van der Waals surface area contributed by atoms with Gasteiger partial charge < -0.3 is 14.8 Å². The molecule has 2 rings (SSSR count). The largest absolute Gasteiger partial charge is 0.482 e. The topological polar surface area (TPSA) is 135 Å². The van der Waals surface area contributed by atoms with E-state index in [9.17, 15) is 18.0 Å². The Morgan fingerprint density at radius 3 is 2.29 bits per heavy atom. The molecule has 0 saturated carbocycles. The van der Waals surface area contributed by atoms with E-state index in [2.05, 4.69) is 10.1 Å². The molecule has 0 saturated heterocycles.